The van der Waals surface area contributed by atoms with Gasteiger partial charge in [-0.05, 0) is 109 Å². The molecule has 0 aromatic carbocycles. The van der Waals surface area contributed by atoms with Crippen molar-refractivity contribution in [1.82, 2.24) is 0 Å². The zero-order valence-electron chi connectivity index (χ0n) is 41.6. The Morgan fingerprint density at radius 1 is 0.317 bits per heavy atom. The predicted octanol–water partition coefficient (Wildman–Crippen LogP) is 17.6. The molecule has 6 nitrogen and oxygen atoms in total. The maximum Gasteiger partial charge on any atom is 0.306 e. The average Bonchev–Trinajstić information content (AvgIpc) is 3.28. The largest absolute Gasteiger partial charge is 0.462 e. The van der Waals surface area contributed by atoms with Crippen molar-refractivity contribution in [2.75, 3.05) is 13.2 Å². The molecular formula is C57H100O6. The van der Waals surface area contributed by atoms with E-state index in [1.807, 2.05) is 0 Å². The Morgan fingerprint density at radius 3 is 0.937 bits per heavy atom. The Balaban J connectivity index is 4.45. The molecule has 0 saturated heterocycles. The maximum atomic E-state index is 12.8. The Hall–Kier alpha value is -2.89. The Bertz CT molecular complexity index is 1150. The van der Waals surface area contributed by atoms with Gasteiger partial charge >= 0.3 is 17.9 Å². The van der Waals surface area contributed by atoms with Crippen LogP contribution in [0, 0.1) is 0 Å². The van der Waals surface area contributed by atoms with Crippen LogP contribution in [0.4, 0.5) is 0 Å². The van der Waals surface area contributed by atoms with Crippen LogP contribution in [0.3, 0.4) is 0 Å². The first kappa shape index (κ1) is 60.1. The van der Waals surface area contributed by atoms with Crippen LogP contribution in [0.1, 0.15) is 265 Å². The predicted molar refractivity (Wildman–Crippen MR) is 270 cm³/mol. The van der Waals surface area contributed by atoms with Crippen LogP contribution >= 0.6 is 0 Å². The molecule has 63 heavy (non-hydrogen) atoms. The minimum Gasteiger partial charge on any atom is -0.462 e. The van der Waals surface area contributed by atoms with Crippen molar-refractivity contribution >= 4 is 17.9 Å². The lowest BCUT2D eigenvalue weighted by molar-refractivity contribution is -0.167. The lowest BCUT2D eigenvalue weighted by atomic mass is 10.1. The number of esters is 3. The smallest absolute Gasteiger partial charge is 0.306 e. The second-order valence-corrected chi connectivity index (χ2v) is 17.8. The van der Waals surface area contributed by atoms with Crippen molar-refractivity contribution in [2.24, 2.45) is 0 Å². The molecule has 0 saturated carbocycles. The van der Waals surface area contributed by atoms with Gasteiger partial charge in [-0.15, -0.1) is 0 Å². The molecular weight excluding hydrogens is 781 g/mol. The number of rotatable bonds is 48. The zero-order valence-corrected chi connectivity index (χ0v) is 41.6. The van der Waals surface area contributed by atoms with Gasteiger partial charge in [0.05, 0.1) is 0 Å². The summed E-state index contributed by atoms with van der Waals surface area (Å²) in [6, 6.07) is 0. The fourth-order valence-electron chi connectivity index (χ4n) is 7.38. The van der Waals surface area contributed by atoms with Crippen LogP contribution in [0.5, 0.6) is 0 Å². The van der Waals surface area contributed by atoms with Crippen LogP contribution in [-0.4, -0.2) is 37.2 Å². The van der Waals surface area contributed by atoms with Gasteiger partial charge in [0.2, 0.25) is 0 Å². The van der Waals surface area contributed by atoms with E-state index in [9.17, 15) is 14.4 Å². The van der Waals surface area contributed by atoms with E-state index in [1.54, 1.807) is 0 Å². The standard InChI is InChI=1S/C57H100O6/c1-4-7-10-13-16-19-22-25-28-31-34-37-40-43-46-49-55(58)61-52-54(63-57(60)51-48-45-42-39-36-33-30-27-24-21-18-15-12-9-6-3)53-62-56(59)50-47-44-41-38-35-32-29-26-23-20-17-14-11-8-5-2/h18,21-22,25-27,29-31,34,54H,4-17,19-20,23-24,28,32-33,35-53H2,1-3H3/b21-18+,25-22+,29-26+,30-27+,34-31+. The molecule has 0 heterocycles. The number of unbranched alkanes of at least 4 members (excludes halogenated alkanes) is 27. The van der Waals surface area contributed by atoms with E-state index < -0.39 is 6.10 Å². The van der Waals surface area contributed by atoms with E-state index in [0.29, 0.717) is 19.3 Å². The normalized spacial score (nSPS) is 12.5. The summed E-state index contributed by atoms with van der Waals surface area (Å²) >= 11 is 0. The summed E-state index contributed by atoms with van der Waals surface area (Å²) < 4.78 is 16.8. The van der Waals surface area contributed by atoms with Gasteiger partial charge in [-0.25, -0.2) is 0 Å². The number of hydrogen-bond acceptors (Lipinski definition) is 6. The van der Waals surface area contributed by atoms with Crippen molar-refractivity contribution in [2.45, 2.75) is 271 Å². The maximum absolute atomic E-state index is 12.8. The van der Waals surface area contributed by atoms with Crippen LogP contribution < -0.4 is 0 Å². The van der Waals surface area contributed by atoms with Gasteiger partial charge < -0.3 is 14.2 Å². The first-order valence-electron chi connectivity index (χ1n) is 26.8. The topological polar surface area (TPSA) is 78.9 Å². The molecule has 0 radical (unpaired) electrons. The molecule has 0 aromatic heterocycles. The second-order valence-electron chi connectivity index (χ2n) is 17.8. The number of carbonyl (C=O) groups excluding carboxylic acids is 3. The molecule has 0 rings (SSSR count). The molecule has 364 valence electrons. The SMILES string of the molecule is CCCCC/C=C/C/C=C/CCCCCCCC(=O)OC(COC(=O)CCCCC/C=C/C/C=C/CCCCCCC)COC(=O)CCCCCCC/C=C/CCCCCCCC. The van der Waals surface area contributed by atoms with Gasteiger partial charge in [-0.1, -0.05) is 197 Å². The van der Waals surface area contributed by atoms with Crippen molar-refractivity contribution in [3.63, 3.8) is 0 Å². The quantitative estimate of drug-likeness (QED) is 0.0262. The van der Waals surface area contributed by atoms with Crippen molar-refractivity contribution in [3.8, 4) is 0 Å². The highest BCUT2D eigenvalue weighted by atomic mass is 16.6. The number of ether oxygens (including phenoxy) is 3. The van der Waals surface area contributed by atoms with E-state index >= 15 is 0 Å². The highest BCUT2D eigenvalue weighted by molar-refractivity contribution is 5.71. The summed E-state index contributed by atoms with van der Waals surface area (Å²) in [7, 11) is 0. The fraction of sp³-hybridized carbons (Fsp3) is 0.772. The minimum absolute atomic E-state index is 0.0917. The summed E-state index contributed by atoms with van der Waals surface area (Å²) in [6.07, 6.45) is 63.4. The number of carbonyl (C=O) groups is 3. The molecule has 1 atom stereocenters. The second kappa shape index (κ2) is 51.7. The average molecular weight is 881 g/mol. The van der Waals surface area contributed by atoms with E-state index in [0.717, 1.165) is 103 Å². The minimum atomic E-state index is -0.794. The molecule has 0 aliphatic carbocycles. The van der Waals surface area contributed by atoms with Gasteiger partial charge in [0.25, 0.3) is 0 Å². The molecule has 0 fully saturated rings. The molecule has 0 amide bonds. The lowest BCUT2D eigenvalue weighted by Gasteiger charge is -2.18. The number of allylic oxidation sites excluding steroid dienone is 10. The molecule has 0 aliphatic rings. The summed E-state index contributed by atoms with van der Waals surface area (Å²) in [5, 5.41) is 0. The van der Waals surface area contributed by atoms with Gasteiger partial charge in [0.15, 0.2) is 6.10 Å². The molecule has 6 heteroatoms. The highest BCUT2D eigenvalue weighted by Gasteiger charge is 2.19. The molecule has 0 aromatic rings. The Morgan fingerprint density at radius 2 is 0.571 bits per heavy atom. The third-order valence-electron chi connectivity index (χ3n) is 11.5. The van der Waals surface area contributed by atoms with Crippen LogP contribution in [0.25, 0.3) is 0 Å². The third-order valence-corrected chi connectivity index (χ3v) is 11.5. The Labute approximate surface area is 390 Å². The van der Waals surface area contributed by atoms with Crippen LogP contribution in [0.2, 0.25) is 0 Å². The summed E-state index contributed by atoms with van der Waals surface area (Å²) in [6.45, 7) is 6.56. The molecule has 0 N–H and O–H groups in total. The fourth-order valence-corrected chi connectivity index (χ4v) is 7.38. The Kier molecular flexibility index (Phi) is 49.4. The molecule has 1 unspecified atom stereocenters. The van der Waals surface area contributed by atoms with E-state index in [1.165, 1.54) is 122 Å². The zero-order chi connectivity index (χ0) is 45.8. The summed E-state index contributed by atoms with van der Waals surface area (Å²) in [4.78, 5) is 38.0. The van der Waals surface area contributed by atoms with E-state index in [4.69, 9.17) is 14.2 Å². The highest BCUT2D eigenvalue weighted by Crippen LogP contribution is 2.14. The molecule has 0 spiro atoms. The van der Waals surface area contributed by atoms with E-state index in [-0.39, 0.29) is 31.1 Å². The van der Waals surface area contributed by atoms with Gasteiger partial charge in [-0.3, -0.25) is 14.4 Å². The van der Waals surface area contributed by atoms with Crippen LogP contribution in [0.15, 0.2) is 60.8 Å². The van der Waals surface area contributed by atoms with Gasteiger partial charge in [-0.2, -0.15) is 0 Å². The molecule has 0 bridgehead atoms. The first-order valence-corrected chi connectivity index (χ1v) is 26.8. The molecule has 0 aliphatic heterocycles. The van der Waals surface area contributed by atoms with Gasteiger partial charge in [0, 0.05) is 19.3 Å². The van der Waals surface area contributed by atoms with Crippen molar-refractivity contribution in [1.29, 1.82) is 0 Å². The lowest BCUT2D eigenvalue weighted by Crippen LogP contribution is -2.30. The van der Waals surface area contributed by atoms with E-state index in [2.05, 4.69) is 81.5 Å². The van der Waals surface area contributed by atoms with Crippen molar-refractivity contribution in [3.05, 3.63) is 60.8 Å². The van der Waals surface area contributed by atoms with Crippen molar-refractivity contribution < 1.29 is 28.6 Å². The summed E-state index contributed by atoms with van der Waals surface area (Å²) in [5.74, 6) is -0.933. The monoisotopic (exact) mass is 881 g/mol. The van der Waals surface area contributed by atoms with Crippen LogP contribution in [-0.2, 0) is 28.6 Å². The van der Waals surface area contributed by atoms with Gasteiger partial charge in [0.1, 0.15) is 13.2 Å². The number of hydrogen-bond donors (Lipinski definition) is 0. The summed E-state index contributed by atoms with van der Waals surface area (Å²) in [5.41, 5.74) is 0. The third kappa shape index (κ3) is 50.0. The first-order chi connectivity index (χ1) is 31.0.